The Labute approximate surface area is 246 Å². The molecule has 2 aliphatic rings. The van der Waals surface area contributed by atoms with Gasteiger partial charge in [-0.2, -0.15) is 18.2 Å². The van der Waals surface area contributed by atoms with E-state index in [-0.39, 0.29) is 17.1 Å². The van der Waals surface area contributed by atoms with Crippen molar-refractivity contribution >= 4 is 45.9 Å². The average molecular weight is 592 g/mol. The Hall–Kier alpha value is -4.52. The number of nitrogen functional groups attached to an aromatic ring is 1. The van der Waals surface area contributed by atoms with Crippen LogP contribution in [0.4, 0.5) is 42.1 Å². The molecule has 0 bridgehead atoms. The van der Waals surface area contributed by atoms with E-state index in [2.05, 4.69) is 35.4 Å². The largest absolute Gasteiger partial charge is 0.416 e. The summed E-state index contributed by atoms with van der Waals surface area (Å²) in [6, 6.07) is 10.1. The SMILES string of the molecule is Cc1ccc(C(=O)Nc2cccc(C(F)(F)F)c2)cc1Nc1ncnc2c(N)nc(N3CCN(C4CCCC4)CC3)nc12. The van der Waals surface area contributed by atoms with E-state index in [0.717, 1.165) is 43.9 Å². The first-order chi connectivity index (χ1) is 20.7. The molecule has 2 fully saturated rings. The number of nitrogens with zero attached hydrogens (tertiary/aromatic N) is 6. The molecular formula is C30H32F3N9O. The van der Waals surface area contributed by atoms with Crippen molar-refractivity contribution in [2.45, 2.75) is 44.8 Å². The number of carbonyl (C=O) groups is 1. The Kier molecular flexibility index (Phi) is 7.74. The lowest BCUT2D eigenvalue weighted by Crippen LogP contribution is -2.50. The first-order valence-corrected chi connectivity index (χ1v) is 14.3. The molecule has 2 aromatic heterocycles. The van der Waals surface area contributed by atoms with Gasteiger partial charge >= 0.3 is 6.18 Å². The lowest BCUT2D eigenvalue weighted by Gasteiger charge is -2.38. The number of nitrogens with two attached hydrogens (primary N) is 1. The zero-order valence-electron chi connectivity index (χ0n) is 23.7. The van der Waals surface area contributed by atoms with Crippen LogP contribution in [0, 0.1) is 6.92 Å². The van der Waals surface area contributed by atoms with Crippen LogP contribution in [-0.4, -0.2) is 63.0 Å². The average Bonchev–Trinajstić information content (AvgIpc) is 3.54. The molecule has 0 radical (unpaired) electrons. The fourth-order valence-corrected chi connectivity index (χ4v) is 5.75. The molecule has 13 heteroatoms. The van der Waals surface area contributed by atoms with Gasteiger partial charge in [0.25, 0.3) is 5.91 Å². The summed E-state index contributed by atoms with van der Waals surface area (Å²) in [5, 5.41) is 5.80. The number of halogens is 3. The maximum Gasteiger partial charge on any atom is 0.416 e. The molecule has 224 valence electrons. The van der Waals surface area contributed by atoms with E-state index in [1.807, 2.05) is 6.92 Å². The maximum absolute atomic E-state index is 13.1. The number of carbonyl (C=O) groups excluding carboxylic acids is 1. The summed E-state index contributed by atoms with van der Waals surface area (Å²) in [5.41, 5.74) is 8.01. The van der Waals surface area contributed by atoms with Crippen LogP contribution in [0.25, 0.3) is 11.0 Å². The van der Waals surface area contributed by atoms with Crippen molar-refractivity contribution in [3.05, 3.63) is 65.5 Å². The fraction of sp³-hybridized carbons (Fsp3) is 0.367. The van der Waals surface area contributed by atoms with Gasteiger partial charge in [0.2, 0.25) is 5.95 Å². The number of benzene rings is 2. The summed E-state index contributed by atoms with van der Waals surface area (Å²) >= 11 is 0. The third kappa shape index (κ3) is 6.17. The molecule has 3 heterocycles. The highest BCUT2D eigenvalue weighted by Gasteiger charge is 2.31. The Morgan fingerprint density at radius 2 is 1.74 bits per heavy atom. The van der Waals surface area contributed by atoms with Crippen molar-refractivity contribution in [1.82, 2.24) is 24.8 Å². The van der Waals surface area contributed by atoms with Gasteiger partial charge in [-0.25, -0.2) is 15.0 Å². The summed E-state index contributed by atoms with van der Waals surface area (Å²) in [7, 11) is 0. The molecule has 0 atom stereocenters. The van der Waals surface area contributed by atoms with Gasteiger partial charge in [0.05, 0.1) is 5.56 Å². The van der Waals surface area contributed by atoms with Gasteiger partial charge in [0.15, 0.2) is 11.6 Å². The third-order valence-corrected chi connectivity index (χ3v) is 8.14. The number of alkyl halides is 3. The lowest BCUT2D eigenvalue weighted by molar-refractivity contribution is -0.137. The van der Waals surface area contributed by atoms with Crippen molar-refractivity contribution in [1.29, 1.82) is 0 Å². The monoisotopic (exact) mass is 591 g/mol. The Morgan fingerprint density at radius 1 is 0.977 bits per heavy atom. The van der Waals surface area contributed by atoms with E-state index in [4.69, 9.17) is 10.7 Å². The Morgan fingerprint density at radius 3 is 2.49 bits per heavy atom. The number of hydrogen-bond acceptors (Lipinski definition) is 9. The van der Waals surface area contributed by atoms with Gasteiger partial charge in [-0.05, 0) is 55.7 Å². The quantitative estimate of drug-likeness (QED) is 0.271. The Balaban J connectivity index is 1.23. The molecule has 43 heavy (non-hydrogen) atoms. The van der Waals surface area contributed by atoms with E-state index in [1.165, 1.54) is 44.1 Å². The molecule has 1 aliphatic carbocycles. The van der Waals surface area contributed by atoms with Gasteiger partial charge in [0, 0.05) is 49.2 Å². The highest BCUT2D eigenvalue weighted by Crippen LogP contribution is 2.32. The number of piperazine rings is 1. The minimum atomic E-state index is -4.52. The van der Waals surface area contributed by atoms with Crippen LogP contribution in [0.1, 0.15) is 47.2 Å². The van der Waals surface area contributed by atoms with Gasteiger partial charge in [-0.1, -0.05) is 25.0 Å². The Bertz CT molecular complexity index is 1650. The predicted octanol–water partition coefficient (Wildman–Crippen LogP) is 5.39. The smallest absolute Gasteiger partial charge is 0.382 e. The van der Waals surface area contributed by atoms with Crippen LogP contribution >= 0.6 is 0 Å². The lowest BCUT2D eigenvalue weighted by atomic mass is 10.1. The number of rotatable bonds is 6. The number of nitrogens with one attached hydrogen (secondary N) is 2. The molecule has 1 amide bonds. The number of amides is 1. The summed E-state index contributed by atoms with van der Waals surface area (Å²) < 4.78 is 39.4. The van der Waals surface area contributed by atoms with E-state index in [0.29, 0.717) is 34.5 Å². The van der Waals surface area contributed by atoms with Gasteiger partial charge in [0.1, 0.15) is 17.4 Å². The third-order valence-electron chi connectivity index (χ3n) is 8.14. The second-order valence-electron chi connectivity index (χ2n) is 11.0. The van der Waals surface area contributed by atoms with E-state index in [9.17, 15) is 18.0 Å². The standard InChI is InChI=1S/C30H32F3N9O/c1-18-9-10-19(28(43)37-21-6-4-5-20(16-21)30(31,32)33)15-23(18)38-27-25-24(35-17-36-27)26(34)40-29(39-25)42-13-11-41(12-14-42)22-7-2-3-8-22/h4-6,9-10,15-17,22H,2-3,7-8,11-14H2,1H3,(H,37,43)(H2,34,39,40)(H,35,36,38). The highest BCUT2D eigenvalue weighted by atomic mass is 19.4. The summed E-state index contributed by atoms with van der Waals surface area (Å²) in [5.74, 6) is 0.596. The fourth-order valence-electron chi connectivity index (χ4n) is 5.75. The molecule has 4 aromatic rings. The molecule has 0 spiro atoms. The molecule has 1 saturated heterocycles. The van der Waals surface area contributed by atoms with Crippen LogP contribution in [0.15, 0.2) is 48.8 Å². The first-order valence-electron chi connectivity index (χ1n) is 14.3. The number of aromatic nitrogens is 4. The van der Waals surface area contributed by atoms with Gasteiger partial charge in [-0.15, -0.1) is 0 Å². The second-order valence-corrected chi connectivity index (χ2v) is 11.0. The molecule has 2 aromatic carbocycles. The van der Waals surface area contributed by atoms with E-state index < -0.39 is 17.6 Å². The molecule has 6 rings (SSSR count). The van der Waals surface area contributed by atoms with E-state index >= 15 is 0 Å². The molecule has 1 aliphatic heterocycles. The van der Waals surface area contributed by atoms with Crippen LogP contribution in [0.5, 0.6) is 0 Å². The zero-order chi connectivity index (χ0) is 30.1. The highest BCUT2D eigenvalue weighted by molar-refractivity contribution is 6.05. The van der Waals surface area contributed by atoms with Crippen molar-refractivity contribution in [3.63, 3.8) is 0 Å². The molecular weight excluding hydrogens is 559 g/mol. The van der Waals surface area contributed by atoms with Crippen LogP contribution in [0.3, 0.4) is 0 Å². The molecule has 4 N–H and O–H groups in total. The molecule has 0 unspecified atom stereocenters. The van der Waals surface area contributed by atoms with Crippen molar-refractivity contribution in [3.8, 4) is 0 Å². The normalized spacial score (nSPS) is 16.5. The van der Waals surface area contributed by atoms with E-state index in [1.54, 1.807) is 18.2 Å². The number of aryl methyl sites for hydroxylation is 1. The van der Waals surface area contributed by atoms with Crippen LogP contribution in [-0.2, 0) is 6.18 Å². The summed E-state index contributed by atoms with van der Waals surface area (Å²) in [6.07, 6.45) is 1.98. The van der Waals surface area contributed by atoms with Crippen molar-refractivity contribution in [2.75, 3.05) is 47.4 Å². The number of fused-ring (bicyclic) bond motifs is 1. The zero-order valence-corrected chi connectivity index (χ0v) is 23.7. The van der Waals surface area contributed by atoms with Crippen molar-refractivity contribution < 1.29 is 18.0 Å². The molecule has 1 saturated carbocycles. The topological polar surface area (TPSA) is 125 Å². The van der Waals surface area contributed by atoms with Crippen LogP contribution in [0.2, 0.25) is 0 Å². The van der Waals surface area contributed by atoms with Crippen molar-refractivity contribution in [2.24, 2.45) is 0 Å². The number of anilines is 5. The summed E-state index contributed by atoms with van der Waals surface area (Å²) in [4.78, 5) is 35.7. The van der Waals surface area contributed by atoms with Crippen LogP contribution < -0.4 is 21.3 Å². The maximum atomic E-state index is 13.1. The second kappa shape index (κ2) is 11.6. The van der Waals surface area contributed by atoms with Gasteiger partial charge < -0.3 is 21.3 Å². The minimum absolute atomic E-state index is 0.0421. The predicted molar refractivity (Wildman–Crippen MR) is 159 cm³/mol. The molecule has 10 nitrogen and oxygen atoms in total. The number of hydrogen-bond donors (Lipinski definition) is 3. The van der Waals surface area contributed by atoms with Gasteiger partial charge in [-0.3, -0.25) is 9.69 Å². The summed E-state index contributed by atoms with van der Waals surface area (Å²) in [6.45, 7) is 5.33. The minimum Gasteiger partial charge on any atom is -0.382 e. The first kappa shape index (κ1) is 28.6.